The van der Waals surface area contributed by atoms with E-state index in [2.05, 4.69) is 9.97 Å². The molecule has 0 aliphatic carbocycles. The maximum Gasteiger partial charge on any atom is 0.175 e. The highest BCUT2D eigenvalue weighted by Gasteiger charge is 2.08. The van der Waals surface area contributed by atoms with Gasteiger partial charge in [0.2, 0.25) is 0 Å². The molecule has 0 amide bonds. The fraction of sp³-hybridized carbons (Fsp3) is 0.176. The topological polar surface area (TPSA) is 59.9 Å². The molecule has 0 N–H and O–H groups in total. The molecule has 0 saturated carbocycles. The number of rotatable bonds is 5. The van der Waals surface area contributed by atoms with Crippen LogP contribution in [0.4, 0.5) is 0 Å². The molecule has 0 atom stereocenters. The van der Waals surface area contributed by atoms with Crippen LogP contribution >= 0.6 is 11.3 Å². The Morgan fingerprint density at radius 2 is 1.83 bits per heavy atom. The van der Waals surface area contributed by atoms with E-state index in [9.17, 15) is 8.42 Å². The average molecular weight is 344 g/mol. The van der Waals surface area contributed by atoms with Gasteiger partial charge in [0, 0.05) is 28.6 Å². The summed E-state index contributed by atoms with van der Waals surface area (Å²) in [4.78, 5) is 10.3. The van der Waals surface area contributed by atoms with Crippen LogP contribution in [0, 0.1) is 0 Å². The lowest BCUT2D eigenvalue weighted by molar-refractivity contribution is 0.602. The van der Waals surface area contributed by atoms with Crippen LogP contribution < -0.4 is 0 Å². The Morgan fingerprint density at radius 1 is 1.04 bits per heavy atom. The molecule has 0 aliphatic rings. The van der Waals surface area contributed by atoms with E-state index in [-0.39, 0.29) is 0 Å². The smallest absolute Gasteiger partial charge is 0.175 e. The summed E-state index contributed by atoms with van der Waals surface area (Å²) in [6.07, 6.45) is 4.88. The van der Waals surface area contributed by atoms with E-state index in [4.69, 9.17) is 0 Å². The van der Waals surface area contributed by atoms with Crippen LogP contribution in [0.15, 0.2) is 59.1 Å². The van der Waals surface area contributed by atoms with Crippen LogP contribution in [0.1, 0.15) is 10.6 Å². The van der Waals surface area contributed by atoms with Gasteiger partial charge in [-0.15, -0.1) is 11.3 Å². The molecule has 118 valence electrons. The van der Waals surface area contributed by atoms with Gasteiger partial charge in [-0.05, 0) is 37.1 Å². The highest BCUT2D eigenvalue weighted by Crippen LogP contribution is 2.20. The summed E-state index contributed by atoms with van der Waals surface area (Å²) in [6, 6.07) is 12.8. The molecule has 0 radical (unpaired) electrons. The minimum Gasteiger partial charge on any atom is -0.253 e. The third kappa shape index (κ3) is 4.03. The van der Waals surface area contributed by atoms with Crippen molar-refractivity contribution in [3.05, 3.63) is 64.7 Å². The molecule has 0 saturated heterocycles. The first kappa shape index (κ1) is 15.8. The molecule has 0 aliphatic heterocycles. The van der Waals surface area contributed by atoms with Crippen LogP contribution in [-0.2, 0) is 22.7 Å². The van der Waals surface area contributed by atoms with E-state index < -0.39 is 9.84 Å². The third-order valence-corrected chi connectivity index (χ3v) is 5.46. The lowest BCUT2D eigenvalue weighted by atomic mass is 10.1. The van der Waals surface area contributed by atoms with Gasteiger partial charge in [0.25, 0.3) is 0 Å². The molecule has 3 rings (SSSR count). The van der Waals surface area contributed by atoms with Crippen LogP contribution in [0.25, 0.3) is 11.3 Å². The van der Waals surface area contributed by atoms with Crippen molar-refractivity contribution in [3.8, 4) is 11.3 Å². The van der Waals surface area contributed by atoms with Gasteiger partial charge < -0.3 is 0 Å². The predicted molar refractivity (Wildman–Crippen MR) is 92.3 cm³/mol. The van der Waals surface area contributed by atoms with Crippen molar-refractivity contribution in [1.82, 2.24) is 9.97 Å². The monoisotopic (exact) mass is 344 g/mol. The molecule has 0 spiro atoms. The Morgan fingerprint density at radius 3 is 2.48 bits per heavy atom. The minimum absolute atomic E-state index is 0.322. The molecule has 2 heterocycles. The Balaban J connectivity index is 1.79. The first-order valence-electron chi connectivity index (χ1n) is 7.16. The van der Waals surface area contributed by atoms with Crippen LogP contribution in [0.3, 0.4) is 0 Å². The highest BCUT2D eigenvalue weighted by atomic mass is 32.2. The lowest BCUT2D eigenvalue weighted by Gasteiger charge is -2.05. The maximum atomic E-state index is 11.5. The standard InChI is InChI=1S/C17H16N2O2S2/c1-23(20,21)16-9-5-13(6-10-16)17-4-2-3-14(19-17)7-8-15-11-18-12-22-15/h2-6,9-12H,7-8H2,1H3. The number of thiazole rings is 1. The van der Waals surface area contributed by atoms with Crippen LogP contribution in [0.2, 0.25) is 0 Å². The number of benzene rings is 1. The molecule has 0 bridgehead atoms. The Bertz CT molecular complexity index is 887. The molecule has 1 aromatic carbocycles. The molecular weight excluding hydrogens is 328 g/mol. The predicted octanol–water partition coefficient (Wildman–Crippen LogP) is 3.39. The van der Waals surface area contributed by atoms with Crippen LogP contribution in [0.5, 0.6) is 0 Å². The molecule has 23 heavy (non-hydrogen) atoms. The van der Waals surface area contributed by atoms with E-state index in [0.717, 1.165) is 29.8 Å². The van der Waals surface area contributed by atoms with Gasteiger partial charge in [0.05, 0.1) is 16.1 Å². The number of aryl methyl sites for hydroxylation is 2. The first-order valence-corrected chi connectivity index (χ1v) is 9.93. The zero-order valence-corrected chi connectivity index (χ0v) is 14.3. The molecule has 0 unspecified atom stereocenters. The summed E-state index contributed by atoms with van der Waals surface area (Å²) in [7, 11) is -3.17. The fourth-order valence-electron chi connectivity index (χ4n) is 2.27. The van der Waals surface area contributed by atoms with Crippen molar-refractivity contribution in [3.63, 3.8) is 0 Å². The van der Waals surface area contributed by atoms with E-state index in [1.807, 2.05) is 29.9 Å². The second-order valence-electron chi connectivity index (χ2n) is 5.28. The molecule has 0 fully saturated rings. The van der Waals surface area contributed by atoms with Crippen molar-refractivity contribution >= 4 is 21.2 Å². The fourth-order valence-corrected chi connectivity index (χ4v) is 3.50. The van der Waals surface area contributed by atoms with Crippen molar-refractivity contribution < 1.29 is 8.42 Å². The van der Waals surface area contributed by atoms with Crippen molar-refractivity contribution in [2.45, 2.75) is 17.7 Å². The van der Waals surface area contributed by atoms with Gasteiger partial charge in [-0.25, -0.2) is 8.42 Å². The van der Waals surface area contributed by atoms with E-state index >= 15 is 0 Å². The van der Waals surface area contributed by atoms with E-state index in [0.29, 0.717) is 4.90 Å². The third-order valence-electron chi connectivity index (χ3n) is 3.50. The van der Waals surface area contributed by atoms with Gasteiger partial charge in [-0.2, -0.15) is 0 Å². The molecular formula is C17H16N2O2S2. The van der Waals surface area contributed by atoms with Crippen molar-refractivity contribution in [2.75, 3.05) is 6.26 Å². The average Bonchev–Trinajstić information content (AvgIpc) is 3.06. The van der Waals surface area contributed by atoms with Gasteiger partial charge in [-0.1, -0.05) is 18.2 Å². The SMILES string of the molecule is CS(=O)(=O)c1ccc(-c2cccc(CCc3cncs3)n2)cc1. The number of sulfone groups is 1. The number of hydrogen-bond donors (Lipinski definition) is 0. The maximum absolute atomic E-state index is 11.5. The number of pyridine rings is 1. The van der Waals surface area contributed by atoms with Crippen LogP contribution in [-0.4, -0.2) is 24.6 Å². The zero-order valence-electron chi connectivity index (χ0n) is 12.6. The number of hydrogen-bond acceptors (Lipinski definition) is 5. The summed E-state index contributed by atoms with van der Waals surface area (Å²) >= 11 is 1.65. The van der Waals surface area contributed by atoms with Gasteiger partial charge in [0.15, 0.2) is 9.84 Å². The van der Waals surface area contributed by atoms with Gasteiger partial charge in [-0.3, -0.25) is 9.97 Å². The number of nitrogens with zero attached hydrogens (tertiary/aromatic N) is 2. The summed E-state index contributed by atoms with van der Waals surface area (Å²) < 4.78 is 23.0. The highest BCUT2D eigenvalue weighted by molar-refractivity contribution is 7.90. The Kier molecular flexibility index (Phi) is 4.54. The Labute approximate surface area is 139 Å². The number of aromatic nitrogens is 2. The normalized spacial score (nSPS) is 11.5. The summed E-state index contributed by atoms with van der Waals surface area (Å²) in [5, 5.41) is 0. The largest absolute Gasteiger partial charge is 0.253 e. The molecule has 3 aromatic rings. The summed E-state index contributed by atoms with van der Waals surface area (Å²) in [6.45, 7) is 0. The second kappa shape index (κ2) is 6.60. The second-order valence-corrected chi connectivity index (χ2v) is 8.27. The first-order chi connectivity index (χ1) is 11.0. The van der Waals surface area contributed by atoms with E-state index in [1.54, 1.807) is 35.6 Å². The van der Waals surface area contributed by atoms with Gasteiger partial charge in [0.1, 0.15) is 0 Å². The summed E-state index contributed by atoms with van der Waals surface area (Å²) in [5.41, 5.74) is 4.62. The lowest BCUT2D eigenvalue weighted by Crippen LogP contribution is -1.97. The van der Waals surface area contributed by atoms with Gasteiger partial charge >= 0.3 is 0 Å². The quantitative estimate of drug-likeness (QED) is 0.712. The van der Waals surface area contributed by atoms with Crippen molar-refractivity contribution in [1.29, 1.82) is 0 Å². The summed E-state index contributed by atoms with van der Waals surface area (Å²) in [5.74, 6) is 0. The zero-order chi connectivity index (χ0) is 16.3. The van der Waals surface area contributed by atoms with E-state index in [1.165, 1.54) is 11.1 Å². The molecule has 6 heteroatoms. The Hall–Kier alpha value is -2.05. The van der Waals surface area contributed by atoms with Crippen molar-refractivity contribution in [2.24, 2.45) is 0 Å². The molecule has 2 aromatic heterocycles. The minimum atomic E-state index is -3.17. The molecule has 4 nitrogen and oxygen atoms in total.